The molecule has 0 bridgehead atoms. The molecule has 1 aliphatic rings. The van der Waals surface area contributed by atoms with Gasteiger partial charge in [-0.25, -0.2) is 4.79 Å². The molecule has 1 heterocycles. The fourth-order valence-corrected chi connectivity index (χ4v) is 3.41. The van der Waals surface area contributed by atoms with Gasteiger partial charge in [0.15, 0.2) is 0 Å². The number of carbonyl (C=O) groups is 2. The van der Waals surface area contributed by atoms with E-state index in [1.165, 1.54) is 30.4 Å². The largest absolute Gasteiger partial charge is 0.478 e. The van der Waals surface area contributed by atoms with Crippen LogP contribution in [0.25, 0.3) is 6.08 Å². The Morgan fingerprint density at radius 1 is 1.24 bits per heavy atom. The number of aliphatic carboxylic acids is 1. The fourth-order valence-electron chi connectivity index (χ4n) is 2.20. The summed E-state index contributed by atoms with van der Waals surface area (Å²) < 4.78 is 0. The first kappa shape index (κ1) is 15.6. The predicted octanol–water partition coefficient (Wildman–Crippen LogP) is 2.66. The van der Waals surface area contributed by atoms with Crippen molar-refractivity contribution in [1.82, 2.24) is 5.32 Å². The highest BCUT2D eigenvalue weighted by atomic mass is 32.2. The Balaban J connectivity index is 1.85. The monoisotopic (exact) mass is 305 g/mol. The van der Waals surface area contributed by atoms with Gasteiger partial charge in [0.1, 0.15) is 0 Å². The second-order valence-corrected chi connectivity index (χ2v) is 6.28. The van der Waals surface area contributed by atoms with E-state index in [0.717, 1.165) is 18.2 Å². The van der Waals surface area contributed by atoms with Crippen molar-refractivity contribution in [3.63, 3.8) is 0 Å². The average Bonchev–Trinajstić information content (AvgIpc) is 2.52. The number of carboxylic acids is 1. The molecule has 2 N–H and O–H groups in total. The summed E-state index contributed by atoms with van der Waals surface area (Å²) in [6.45, 7) is 0.736. The zero-order chi connectivity index (χ0) is 15.1. The maximum atomic E-state index is 12.0. The van der Waals surface area contributed by atoms with Crippen LogP contribution in [0.2, 0.25) is 0 Å². The lowest BCUT2D eigenvalue weighted by Gasteiger charge is -2.21. The standard InChI is InChI=1S/C16H19NO3S/c18-15(19)6-3-12-1-4-14(5-2-12)16(20)17-11-13-7-9-21-10-8-13/h1-6,13H,7-11H2,(H,17,20)(H,18,19)/b6-3+. The number of hydrogen-bond acceptors (Lipinski definition) is 3. The molecule has 0 saturated carbocycles. The molecular weight excluding hydrogens is 286 g/mol. The SMILES string of the molecule is O=C(O)/C=C/c1ccc(C(=O)NCC2CCSCC2)cc1. The van der Waals surface area contributed by atoms with Crippen LogP contribution in [0.5, 0.6) is 0 Å². The summed E-state index contributed by atoms with van der Waals surface area (Å²) in [5, 5.41) is 11.5. The van der Waals surface area contributed by atoms with Gasteiger partial charge in [0.2, 0.25) is 0 Å². The van der Waals surface area contributed by atoms with Crippen molar-refractivity contribution in [2.45, 2.75) is 12.8 Å². The summed E-state index contributed by atoms with van der Waals surface area (Å²) in [4.78, 5) is 22.5. The normalized spacial score (nSPS) is 16.0. The van der Waals surface area contributed by atoms with Crippen molar-refractivity contribution in [2.75, 3.05) is 18.1 Å². The maximum Gasteiger partial charge on any atom is 0.328 e. The van der Waals surface area contributed by atoms with E-state index < -0.39 is 5.97 Å². The molecule has 112 valence electrons. The van der Waals surface area contributed by atoms with E-state index in [1.807, 2.05) is 11.8 Å². The van der Waals surface area contributed by atoms with Gasteiger partial charge in [-0.2, -0.15) is 11.8 Å². The first-order valence-electron chi connectivity index (χ1n) is 7.02. The van der Waals surface area contributed by atoms with E-state index in [-0.39, 0.29) is 5.91 Å². The molecule has 2 rings (SSSR count). The van der Waals surface area contributed by atoms with Crippen molar-refractivity contribution >= 4 is 29.7 Å². The van der Waals surface area contributed by atoms with Crippen LogP contribution in [0, 0.1) is 5.92 Å². The Hall–Kier alpha value is -1.75. The highest BCUT2D eigenvalue weighted by Crippen LogP contribution is 2.21. The molecule has 1 aliphatic heterocycles. The topological polar surface area (TPSA) is 66.4 Å². The lowest BCUT2D eigenvalue weighted by molar-refractivity contribution is -0.131. The van der Waals surface area contributed by atoms with Crippen LogP contribution in [0.4, 0.5) is 0 Å². The van der Waals surface area contributed by atoms with Crippen molar-refractivity contribution in [3.8, 4) is 0 Å². The van der Waals surface area contributed by atoms with Gasteiger partial charge in [0.05, 0.1) is 0 Å². The molecule has 1 fully saturated rings. The zero-order valence-electron chi connectivity index (χ0n) is 11.7. The van der Waals surface area contributed by atoms with Gasteiger partial charge in [0.25, 0.3) is 5.91 Å². The van der Waals surface area contributed by atoms with E-state index in [0.29, 0.717) is 11.5 Å². The van der Waals surface area contributed by atoms with Gasteiger partial charge in [-0.05, 0) is 54.0 Å². The summed E-state index contributed by atoms with van der Waals surface area (Å²) in [5.41, 5.74) is 1.37. The lowest BCUT2D eigenvalue weighted by atomic mass is 10.0. The van der Waals surface area contributed by atoms with Crippen molar-refractivity contribution < 1.29 is 14.7 Å². The summed E-state index contributed by atoms with van der Waals surface area (Å²) >= 11 is 1.98. The zero-order valence-corrected chi connectivity index (χ0v) is 12.6. The summed E-state index contributed by atoms with van der Waals surface area (Å²) in [7, 11) is 0. The van der Waals surface area contributed by atoms with Gasteiger partial charge in [-0.3, -0.25) is 4.79 Å². The van der Waals surface area contributed by atoms with Crippen LogP contribution < -0.4 is 5.32 Å². The molecule has 0 atom stereocenters. The average molecular weight is 305 g/mol. The van der Waals surface area contributed by atoms with Gasteiger partial charge in [-0.1, -0.05) is 12.1 Å². The molecule has 1 aromatic carbocycles. The molecule has 1 aromatic rings. The Labute approximate surface area is 128 Å². The number of benzene rings is 1. The first-order chi connectivity index (χ1) is 10.1. The third kappa shape index (κ3) is 5.27. The molecule has 21 heavy (non-hydrogen) atoms. The number of thioether (sulfide) groups is 1. The van der Waals surface area contributed by atoms with Gasteiger partial charge >= 0.3 is 5.97 Å². The minimum absolute atomic E-state index is 0.0676. The van der Waals surface area contributed by atoms with Crippen LogP contribution in [-0.4, -0.2) is 35.0 Å². The van der Waals surface area contributed by atoms with Gasteiger partial charge in [0, 0.05) is 18.2 Å². The fraction of sp³-hybridized carbons (Fsp3) is 0.375. The summed E-state index contributed by atoms with van der Waals surface area (Å²) in [5.74, 6) is 1.91. The van der Waals surface area contributed by atoms with Crippen LogP contribution in [-0.2, 0) is 4.79 Å². The first-order valence-corrected chi connectivity index (χ1v) is 8.17. The van der Waals surface area contributed by atoms with Gasteiger partial charge < -0.3 is 10.4 Å². The van der Waals surface area contributed by atoms with E-state index in [4.69, 9.17) is 5.11 Å². The molecule has 0 unspecified atom stereocenters. The van der Waals surface area contributed by atoms with Crippen LogP contribution in [0.15, 0.2) is 30.3 Å². The molecule has 0 radical (unpaired) electrons. The maximum absolute atomic E-state index is 12.0. The highest BCUT2D eigenvalue weighted by molar-refractivity contribution is 7.99. The smallest absolute Gasteiger partial charge is 0.328 e. The third-order valence-corrected chi connectivity index (χ3v) is 4.53. The number of carbonyl (C=O) groups excluding carboxylic acids is 1. The number of carboxylic acid groups (broad SMARTS) is 1. The van der Waals surface area contributed by atoms with E-state index in [1.54, 1.807) is 24.3 Å². The van der Waals surface area contributed by atoms with Crippen LogP contribution >= 0.6 is 11.8 Å². The molecule has 0 spiro atoms. The Morgan fingerprint density at radius 3 is 2.52 bits per heavy atom. The number of rotatable bonds is 5. The summed E-state index contributed by atoms with van der Waals surface area (Å²) in [6, 6.07) is 6.92. The molecular formula is C16H19NO3S. The number of amides is 1. The molecule has 1 amide bonds. The third-order valence-electron chi connectivity index (χ3n) is 3.48. The Morgan fingerprint density at radius 2 is 1.90 bits per heavy atom. The number of hydrogen-bond donors (Lipinski definition) is 2. The van der Waals surface area contributed by atoms with Crippen molar-refractivity contribution in [1.29, 1.82) is 0 Å². The minimum Gasteiger partial charge on any atom is -0.478 e. The van der Waals surface area contributed by atoms with Crippen LogP contribution in [0.3, 0.4) is 0 Å². The lowest BCUT2D eigenvalue weighted by Crippen LogP contribution is -2.30. The summed E-state index contributed by atoms with van der Waals surface area (Å²) in [6.07, 6.45) is 4.92. The van der Waals surface area contributed by atoms with E-state index in [9.17, 15) is 9.59 Å². The van der Waals surface area contributed by atoms with Crippen molar-refractivity contribution in [3.05, 3.63) is 41.5 Å². The predicted molar refractivity (Wildman–Crippen MR) is 85.5 cm³/mol. The number of nitrogens with one attached hydrogen (secondary N) is 1. The van der Waals surface area contributed by atoms with Gasteiger partial charge in [-0.15, -0.1) is 0 Å². The van der Waals surface area contributed by atoms with Crippen molar-refractivity contribution in [2.24, 2.45) is 5.92 Å². The molecule has 0 aliphatic carbocycles. The highest BCUT2D eigenvalue weighted by Gasteiger charge is 2.14. The van der Waals surface area contributed by atoms with E-state index in [2.05, 4.69) is 5.32 Å². The Bertz CT molecular complexity index is 519. The molecule has 4 nitrogen and oxygen atoms in total. The molecule has 1 saturated heterocycles. The minimum atomic E-state index is -0.984. The van der Waals surface area contributed by atoms with Crippen LogP contribution in [0.1, 0.15) is 28.8 Å². The second kappa shape index (κ2) is 7.88. The Kier molecular flexibility index (Phi) is 5.87. The van der Waals surface area contributed by atoms with E-state index >= 15 is 0 Å². The molecule has 5 heteroatoms. The second-order valence-electron chi connectivity index (χ2n) is 5.06. The quantitative estimate of drug-likeness (QED) is 0.821. The molecule has 0 aromatic heterocycles.